The van der Waals surface area contributed by atoms with Crippen LogP contribution in [0.25, 0.3) is 10.8 Å². The van der Waals surface area contributed by atoms with Gasteiger partial charge in [0.1, 0.15) is 11.4 Å². The van der Waals surface area contributed by atoms with E-state index in [4.69, 9.17) is 0 Å². The van der Waals surface area contributed by atoms with Crippen LogP contribution < -0.4 is 0 Å². The summed E-state index contributed by atoms with van der Waals surface area (Å²) in [5, 5.41) is 20.5. The fourth-order valence-corrected chi connectivity index (χ4v) is 2.46. The van der Waals surface area contributed by atoms with Crippen LogP contribution in [0.5, 0.6) is 5.75 Å². The Hall–Kier alpha value is -2.68. The molecule has 0 aliphatic rings. The van der Waals surface area contributed by atoms with E-state index < -0.39 is 0 Å². The highest BCUT2D eigenvalue weighted by molar-refractivity contribution is 5.95. The first-order chi connectivity index (χ1) is 10.1. The fourth-order valence-electron chi connectivity index (χ4n) is 2.46. The molecule has 0 saturated carbocycles. The summed E-state index contributed by atoms with van der Waals surface area (Å²) in [6.07, 6.45) is 0. The highest BCUT2D eigenvalue weighted by atomic mass is 16.3. The van der Waals surface area contributed by atoms with Crippen LogP contribution in [0, 0.1) is 13.8 Å². The number of hydrogen-bond acceptors (Lipinski definition) is 3. The molecule has 0 fully saturated rings. The van der Waals surface area contributed by atoms with Crippen LogP contribution in [0.1, 0.15) is 11.1 Å². The number of rotatable bonds is 2. The topological polar surface area (TPSA) is 45.0 Å². The minimum absolute atomic E-state index is 0.141. The molecule has 0 unspecified atom stereocenters. The average molecular weight is 276 g/mol. The summed E-state index contributed by atoms with van der Waals surface area (Å²) < 4.78 is 0. The zero-order valence-corrected chi connectivity index (χ0v) is 12.0. The number of hydrogen-bond donors (Lipinski definition) is 1. The molecular formula is C18H16N2O. The molecule has 1 N–H and O–H groups in total. The van der Waals surface area contributed by atoms with Gasteiger partial charge in [0.15, 0.2) is 0 Å². The lowest BCUT2D eigenvalue weighted by Gasteiger charge is -2.04. The number of azo groups is 1. The lowest BCUT2D eigenvalue weighted by atomic mass is 10.1. The zero-order chi connectivity index (χ0) is 14.8. The predicted molar refractivity (Wildman–Crippen MR) is 85.7 cm³/mol. The average Bonchev–Trinajstić information content (AvgIpc) is 2.45. The van der Waals surface area contributed by atoms with Gasteiger partial charge in [-0.05, 0) is 48.6 Å². The van der Waals surface area contributed by atoms with Crippen molar-refractivity contribution in [2.75, 3.05) is 0 Å². The first-order valence-corrected chi connectivity index (χ1v) is 6.84. The molecule has 0 amide bonds. The molecule has 0 heterocycles. The largest absolute Gasteiger partial charge is 0.506 e. The fraction of sp³-hybridized carbons (Fsp3) is 0.111. The molecule has 0 aliphatic heterocycles. The van der Waals surface area contributed by atoms with E-state index in [1.54, 1.807) is 6.07 Å². The summed E-state index contributed by atoms with van der Waals surface area (Å²) in [6.45, 7) is 4.06. The summed E-state index contributed by atoms with van der Waals surface area (Å²) in [7, 11) is 0. The van der Waals surface area contributed by atoms with E-state index in [-0.39, 0.29) is 5.75 Å². The molecule has 0 saturated heterocycles. The third-order valence-electron chi connectivity index (χ3n) is 3.35. The third-order valence-corrected chi connectivity index (χ3v) is 3.35. The first kappa shape index (κ1) is 13.3. The molecule has 3 heteroatoms. The van der Waals surface area contributed by atoms with Crippen molar-refractivity contribution in [2.45, 2.75) is 13.8 Å². The van der Waals surface area contributed by atoms with Crippen molar-refractivity contribution in [3.63, 3.8) is 0 Å². The monoisotopic (exact) mass is 276 g/mol. The summed E-state index contributed by atoms with van der Waals surface area (Å²) in [4.78, 5) is 0. The van der Waals surface area contributed by atoms with Crippen LogP contribution in [0.2, 0.25) is 0 Å². The van der Waals surface area contributed by atoms with E-state index in [9.17, 15) is 5.11 Å². The van der Waals surface area contributed by atoms with Gasteiger partial charge in [-0.15, -0.1) is 5.11 Å². The maximum absolute atomic E-state index is 10.0. The highest BCUT2D eigenvalue weighted by Gasteiger charge is 2.05. The molecule has 0 bridgehead atoms. The van der Waals surface area contributed by atoms with Crippen molar-refractivity contribution in [3.05, 3.63) is 65.7 Å². The molecule has 0 radical (unpaired) electrons. The van der Waals surface area contributed by atoms with E-state index in [0.717, 1.165) is 27.6 Å². The second-order valence-corrected chi connectivity index (χ2v) is 5.20. The van der Waals surface area contributed by atoms with Crippen LogP contribution in [0.4, 0.5) is 11.4 Å². The van der Waals surface area contributed by atoms with E-state index >= 15 is 0 Å². The van der Waals surface area contributed by atoms with Gasteiger partial charge >= 0.3 is 0 Å². The zero-order valence-electron chi connectivity index (χ0n) is 12.0. The van der Waals surface area contributed by atoms with Crippen molar-refractivity contribution in [1.29, 1.82) is 0 Å². The van der Waals surface area contributed by atoms with Gasteiger partial charge in [-0.2, -0.15) is 5.11 Å². The molecule has 3 nitrogen and oxygen atoms in total. The smallest absolute Gasteiger partial charge is 0.143 e. The summed E-state index contributed by atoms with van der Waals surface area (Å²) in [6, 6.07) is 17.4. The number of aromatic hydroxyl groups is 1. The van der Waals surface area contributed by atoms with Crippen LogP contribution in [-0.4, -0.2) is 5.11 Å². The molecule has 21 heavy (non-hydrogen) atoms. The number of phenols is 1. The van der Waals surface area contributed by atoms with Gasteiger partial charge in [-0.25, -0.2) is 0 Å². The number of phenolic OH excluding ortho intramolecular Hbond substituents is 1. The van der Waals surface area contributed by atoms with Gasteiger partial charge in [0.2, 0.25) is 0 Å². The quantitative estimate of drug-likeness (QED) is 0.610. The van der Waals surface area contributed by atoms with Crippen LogP contribution in [0.15, 0.2) is 64.8 Å². The Kier molecular flexibility index (Phi) is 3.40. The van der Waals surface area contributed by atoms with Crippen molar-refractivity contribution in [1.82, 2.24) is 0 Å². The molecule has 0 spiro atoms. The van der Waals surface area contributed by atoms with Gasteiger partial charge < -0.3 is 5.11 Å². The molecule has 0 atom stereocenters. The third kappa shape index (κ3) is 2.77. The number of nitrogens with zero attached hydrogens (tertiary/aromatic N) is 2. The Labute approximate surface area is 123 Å². The second kappa shape index (κ2) is 5.37. The lowest BCUT2D eigenvalue weighted by molar-refractivity contribution is 0.477. The standard InChI is InChI=1S/C18H16N2O/c1-12-9-13(2)11-15(10-12)19-20-18-16-6-4-3-5-14(16)7-8-17(18)21/h3-11,21H,1-2H3. The second-order valence-electron chi connectivity index (χ2n) is 5.20. The Bertz CT molecular complexity index is 817. The molecular weight excluding hydrogens is 260 g/mol. The van der Waals surface area contributed by atoms with E-state index in [0.29, 0.717) is 5.69 Å². The Morgan fingerprint density at radius 2 is 1.52 bits per heavy atom. The first-order valence-electron chi connectivity index (χ1n) is 6.84. The normalized spacial score (nSPS) is 11.3. The maximum atomic E-state index is 10.0. The Morgan fingerprint density at radius 3 is 2.29 bits per heavy atom. The van der Waals surface area contributed by atoms with Gasteiger partial charge in [0.05, 0.1) is 5.69 Å². The van der Waals surface area contributed by atoms with Gasteiger partial charge in [0, 0.05) is 5.39 Å². The Balaban J connectivity index is 2.08. The van der Waals surface area contributed by atoms with E-state index in [1.165, 1.54) is 0 Å². The minimum Gasteiger partial charge on any atom is -0.506 e. The van der Waals surface area contributed by atoms with E-state index in [1.807, 2.05) is 56.3 Å². The van der Waals surface area contributed by atoms with E-state index in [2.05, 4.69) is 16.3 Å². The number of fused-ring (bicyclic) bond motifs is 1. The van der Waals surface area contributed by atoms with Crippen LogP contribution in [0.3, 0.4) is 0 Å². The van der Waals surface area contributed by atoms with Crippen LogP contribution in [-0.2, 0) is 0 Å². The number of aryl methyl sites for hydroxylation is 2. The predicted octanol–water partition coefficient (Wildman–Crippen LogP) is 5.58. The van der Waals surface area contributed by atoms with Gasteiger partial charge in [0.25, 0.3) is 0 Å². The Morgan fingerprint density at radius 1 is 0.810 bits per heavy atom. The van der Waals surface area contributed by atoms with Crippen LogP contribution >= 0.6 is 0 Å². The molecule has 3 rings (SSSR count). The van der Waals surface area contributed by atoms with Gasteiger partial charge in [-0.1, -0.05) is 36.4 Å². The summed E-state index contributed by atoms with van der Waals surface area (Å²) in [5.41, 5.74) is 3.59. The molecule has 3 aromatic rings. The van der Waals surface area contributed by atoms with Crippen molar-refractivity contribution in [3.8, 4) is 5.75 Å². The van der Waals surface area contributed by atoms with Crippen molar-refractivity contribution < 1.29 is 5.11 Å². The lowest BCUT2D eigenvalue weighted by Crippen LogP contribution is -1.77. The molecule has 0 aliphatic carbocycles. The number of benzene rings is 3. The molecule has 0 aromatic heterocycles. The minimum atomic E-state index is 0.141. The summed E-state index contributed by atoms with van der Waals surface area (Å²) in [5.74, 6) is 0.141. The molecule has 3 aromatic carbocycles. The van der Waals surface area contributed by atoms with Gasteiger partial charge in [-0.3, -0.25) is 0 Å². The van der Waals surface area contributed by atoms with Crippen molar-refractivity contribution in [2.24, 2.45) is 10.2 Å². The van der Waals surface area contributed by atoms with Crippen molar-refractivity contribution >= 4 is 22.1 Å². The maximum Gasteiger partial charge on any atom is 0.143 e. The SMILES string of the molecule is Cc1cc(C)cc(N=Nc2c(O)ccc3ccccc23)c1. The summed E-state index contributed by atoms with van der Waals surface area (Å²) >= 11 is 0. The molecule has 104 valence electrons. The highest BCUT2D eigenvalue weighted by Crippen LogP contribution is 2.36.